The molecule has 2 atom stereocenters. The molecular weight excluding hydrogens is 342 g/mol. The predicted octanol–water partition coefficient (Wildman–Crippen LogP) is 1.74. The number of rotatable bonds is 6. The Morgan fingerprint density at radius 1 is 1.26 bits per heavy atom. The van der Waals surface area contributed by atoms with E-state index >= 15 is 0 Å². The van der Waals surface area contributed by atoms with Gasteiger partial charge >= 0.3 is 0 Å². The van der Waals surface area contributed by atoms with Gasteiger partial charge in [-0.25, -0.2) is 0 Å². The molecule has 2 aliphatic heterocycles. The second kappa shape index (κ2) is 7.89. The van der Waals surface area contributed by atoms with Crippen molar-refractivity contribution in [1.82, 2.24) is 14.7 Å². The molecule has 3 aliphatic rings. The van der Waals surface area contributed by atoms with Crippen LogP contribution in [0.2, 0.25) is 0 Å². The average molecular weight is 371 g/mol. The van der Waals surface area contributed by atoms with Crippen molar-refractivity contribution in [3.05, 3.63) is 29.8 Å². The first-order chi connectivity index (χ1) is 13.1. The molecule has 27 heavy (non-hydrogen) atoms. The molecule has 1 aliphatic carbocycles. The summed E-state index contributed by atoms with van der Waals surface area (Å²) in [6.07, 6.45) is 4.50. The molecule has 0 N–H and O–H groups in total. The van der Waals surface area contributed by atoms with Crippen LogP contribution in [-0.2, 0) is 16.1 Å². The standard InChI is InChI=1S/C21H29N3O3/c1-27-19-4-2-3-16(12-19)14-23-9-10-24(15-21(23)26)20(25)7-8-22-13-17-5-6-18(22)11-17/h2-4,12,17-18H,5-11,13-15H2,1H3/t17-,18+/m0/s1. The van der Waals surface area contributed by atoms with E-state index in [1.807, 2.05) is 29.2 Å². The Morgan fingerprint density at radius 3 is 2.85 bits per heavy atom. The molecule has 2 amide bonds. The number of nitrogens with zero attached hydrogens (tertiary/aromatic N) is 3. The number of piperidine rings is 1. The highest BCUT2D eigenvalue weighted by Crippen LogP contribution is 2.37. The molecule has 146 valence electrons. The molecule has 2 heterocycles. The summed E-state index contributed by atoms with van der Waals surface area (Å²) in [6.45, 7) is 3.99. The lowest BCUT2D eigenvalue weighted by Gasteiger charge is -2.35. The lowest BCUT2D eigenvalue weighted by Crippen LogP contribution is -2.52. The second-order valence-corrected chi connectivity index (χ2v) is 8.06. The summed E-state index contributed by atoms with van der Waals surface area (Å²) in [5.41, 5.74) is 1.05. The van der Waals surface area contributed by atoms with Gasteiger partial charge in [0.05, 0.1) is 13.7 Å². The molecule has 0 spiro atoms. The third-order valence-corrected chi connectivity index (χ3v) is 6.31. The maximum Gasteiger partial charge on any atom is 0.242 e. The van der Waals surface area contributed by atoms with Crippen LogP contribution in [0.15, 0.2) is 24.3 Å². The third kappa shape index (κ3) is 4.10. The van der Waals surface area contributed by atoms with Gasteiger partial charge in [-0.3, -0.25) is 14.5 Å². The fourth-order valence-corrected chi connectivity index (χ4v) is 4.78. The number of carbonyl (C=O) groups is 2. The van der Waals surface area contributed by atoms with Crippen LogP contribution < -0.4 is 4.74 Å². The van der Waals surface area contributed by atoms with E-state index in [2.05, 4.69) is 4.90 Å². The van der Waals surface area contributed by atoms with Crippen LogP contribution in [0.4, 0.5) is 0 Å². The number of fused-ring (bicyclic) bond motifs is 2. The summed E-state index contributed by atoms with van der Waals surface area (Å²) in [6, 6.07) is 8.48. The topological polar surface area (TPSA) is 53.1 Å². The smallest absolute Gasteiger partial charge is 0.242 e. The van der Waals surface area contributed by atoms with E-state index in [0.29, 0.717) is 32.1 Å². The Kier molecular flexibility index (Phi) is 5.34. The molecule has 2 bridgehead atoms. The second-order valence-electron chi connectivity index (χ2n) is 8.06. The molecule has 6 heteroatoms. The minimum atomic E-state index is 0.0256. The van der Waals surface area contributed by atoms with E-state index < -0.39 is 0 Å². The fraction of sp³-hybridized carbons (Fsp3) is 0.619. The molecule has 3 fully saturated rings. The SMILES string of the molecule is COc1cccc(CN2CCN(C(=O)CCN3C[C@H]4CC[C@@H]3C4)CC2=O)c1. The maximum absolute atomic E-state index is 12.6. The van der Waals surface area contributed by atoms with Gasteiger partial charge in [-0.05, 0) is 42.9 Å². The molecule has 0 unspecified atom stereocenters. The molecule has 6 nitrogen and oxygen atoms in total. The van der Waals surface area contributed by atoms with Crippen molar-refractivity contribution in [3.8, 4) is 5.75 Å². The molecule has 4 rings (SSSR count). The number of hydrogen-bond acceptors (Lipinski definition) is 4. The maximum atomic E-state index is 12.6. The van der Waals surface area contributed by atoms with Gasteiger partial charge in [0.15, 0.2) is 0 Å². The van der Waals surface area contributed by atoms with Crippen LogP contribution in [-0.4, -0.2) is 72.4 Å². The third-order valence-electron chi connectivity index (χ3n) is 6.31. The van der Waals surface area contributed by atoms with Crippen molar-refractivity contribution in [1.29, 1.82) is 0 Å². The first-order valence-corrected chi connectivity index (χ1v) is 10.0. The van der Waals surface area contributed by atoms with Gasteiger partial charge in [-0.15, -0.1) is 0 Å². The zero-order chi connectivity index (χ0) is 18.8. The number of amides is 2. The Morgan fingerprint density at radius 2 is 2.15 bits per heavy atom. The van der Waals surface area contributed by atoms with Gasteiger partial charge in [0.2, 0.25) is 11.8 Å². The van der Waals surface area contributed by atoms with E-state index in [1.165, 1.54) is 19.3 Å². The van der Waals surface area contributed by atoms with Crippen molar-refractivity contribution < 1.29 is 14.3 Å². The quantitative estimate of drug-likeness (QED) is 0.764. The first-order valence-electron chi connectivity index (χ1n) is 10.0. The lowest BCUT2D eigenvalue weighted by molar-refractivity contribution is -0.145. The molecule has 0 aromatic heterocycles. The average Bonchev–Trinajstić information content (AvgIpc) is 3.31. The molecule has 0 radical (unpaired) electrons. The fourth-order valence-electron chi connectivity index (χ4n) is 4.78. The largest absolute Gasteiger partial charge is 0.497 e. The minimum Gasteiger partial charge on any atom is -0.497 e. The Labute approximate surface area is 161 Å². The van der Waals surface area contributed by atoms with E-state index in [1.54, 1.807) is 12.0 Å². The van der Waals surface area contributed by atoms with Crippen molar-refractivity contribution in [3.63, 3.8) is 0 Å². The van der Waals surface area contributed by atoms with Crippen LogP contribution in [0.1, 0.15) is 31.2 Å². The van der Waals surface area contributed by atoms with E-state index in [9.17, 15) is 9.59 Å². The monoisotopic (exact) mass is 371 g/mol. The van der Waals surface area contributed by atoms with E-state index in [-0.39, 0.29) is 18.4 Å². The van der Waals surface area contributed by atoms with E-state index in [4.69, 9.17) is 4.74 Å². The number of carbonyl (C=O) groups excluding carboxylic acids is 2. The summed E-state index contributed by atoms with van der Waals surface area (Å²) in [4.78, 5) is 31.1. The Hall–Kier alpha value is -2.08. The van der Waals surface area contributed by atoms with Crippen molar-refractivity contribution in [2.75, 3.05) is 39.8 Å². The highest BCUT2D eigenvalue weighted by Gasteiger charge is 2.37. The van der Waals surface area contributed by atoms with Crippen LogP contribution in [0.3, 0.4) is 0 Å². The Balaban J connectivity index is 1.25. The van der Waals surface area contributed by atoms with Crippen LogP contribution in [0.5, 0.6) is 5.75 Å². The number of ether oxygens (including phenoxy) is 1. The zero-order valence-electron chi connectivity index (χ0n) is 16.1. The summed E-state index contributed by atoms with van der Waals surface area (Å²) in [5, 5.41) is 0. The number of piperazine rings is 1. The van der Waals surface area contributed by atoms with Crippen molar-refractivity contribution >= 4 is 11.8 Å². The number of methoxy groups -OCH3 is 1. The van der Waals surface area contributed by atoms with Crippen LogP contribution in [0.25, 0.3) is 0 Å². The zero-order valence-corrected chi connectivity index (χ0v) is 16.1. The molecule has 1 aromatic rings. The minimum absolute atomic E-state index is 0.0256. The van der Waals surface area contributed by atoms with Gasteiger partial charge < -0.3 is 14.5 Å². The first kappa shape index (κ1) is 18.3. The summed E-state index contributed by atoms with van der Waals surface area (Å²) in [5.74, 6) is 1.79. The van der Waals surface area contributed by atoms with E-state index in [0.717, 1.165) is 30.3 Å². The number of hydrogen-bond donors (Lipinski definition) is 0. The normalized spacial score (nSPS) is 25.3. The predicted molar refractivity (Wildman–Crippen MR) is 102 cm³/mol. The van der Waals surface area contributed by atoms with Gasteiger partial charge in [0.1, 0.15) is 5.75 Å². The van der Waals surface area contributed by atoms with Crippen LogP contribution in [0, 0.1) is 5.92 Å². The summed E-state index contributed by atoms with van der Waals surface area (Å²) in [7, 11) is 1.64. The summed E-state index contributed by atoms with van der Waals surface area (Å²) >= 11 is 0. The molecule has 1 saturated carbocycles. The van der Waals surface area contributed by atoms with Crippen molar-refractivity contribution in [2.45, 2.75) is 38.3 Å². The van der Waals surface area contributed by atoms with Crippen LogP contribution >= 0.6 is 0 Å². The van der Waals surface area contributed by atoms with Crippen molar-refractivity contribution in [2.24, 2.45) is 5.92 Å². The summed E-state index contributed by atoms with van der Waals surface area (Å²) < 4.78 is 5.25. The molecular formula is C21H29N3O3. The number of likely N-dealkylation sites (tertiary alicyclic amines) is 1. The highest BCUT2D eigenvalue weighted by molar-refractivity contribution is 5.86. The van der Waals surface area contributed by atoms with Gasteiger partial charge in [-0.2, -0.15) is 0 Å². The Bertz CT molecular complexity index is 708. The molecule has 2 saturated heterocycles. The van der Waals surface area contributed by atoms with Gasteiger partial charge in [0.25, 0.3) is 0 Å². The number of benzene rings is 1. The van der Waals surface area contributed by atoms with Gasteiger partial charge in [-0.1, -0.05) is 12.1 Å². The van der Waals surface area contributed by atoms with Gasteiger partial charge in [0, 0.05) is 45.2 Å². The highest BCUT2D eigenvalue weighted by atomic mass is 16.5. The lowest BCUT2D eigenvalue weighted by atomic mass is 10.1. The molecule has 1 aromatic carbocycles.